The number of nitrogens with one attached hydrogen (secondary N) is 1. The van der Waals surface area contributed by atoms with Crippen LogP contribution in [0.3, 0.4) is 0 Å². The first-order valence-corrected chi connectivity index (χ1v) is 6.92. The molecule has 3 aromatic heterocycles. The smallest absolute Gasteiger partial charge is 0.182 e. The van der Waals surface area contributed by atoms with E-state index in [9.17, 15) is 4.39 Å². The topological polar surface area (TPSA) is 60.6 Å². The van der Waals surface area contributed by atoms with Gasteiger partial charge in [0, 0.05) is 13.6 Å². The van der Waals surface area contributed by atoms with Gasteiger partial charge in [0.25, 0.3) is 0 Å². The van der Waals surface area contributed by atoms with Crippen LogP contribution in [0.25, 0.3) is 11.0 Å². The second-order valence-corrected chi connectivity index (χ2v) is 5.33. The first kappa shape index (κ1) is 12.3. The number of hydrogen-bond acceptors (Lipinski definition) is 4. The Morgan fingerprint density at radius 3 is 2.95 bits per heavy atom. The Kier molecular flexibility index (Phi) is 2.51. The molecule has 0 aromatic carbocycles. The number of anilines is 1. The van der Waals surface area contributed by atoms with Crippen molar-refractivity contribution in [3.8, 4) is 0 Å². The maximum Gasteiger partial charge on any atom is 0.182 e. The van der Waals surface area contributed by atoms with Crippen molar-refractivity contribution in [2.24, 2.45) is 7.05 Å². The summed E-state index contributed by atoms with van der Waals surface area (Å²) in [4.78, 5) is 4.21. The molecule has 4 rings (SSSR count). The summed E-state index contributed by atoms with van der Waals surface area (Å²) in [6, 6.07) is 3.20. The van der Waals surface area contributed by atoms with Gasteiger partial charge >= 0.3 is 0 Å². The molecular formula is C14H15FN6. The van der Waals surface area contributed by atoms with Gasteiger partial charge in [-0.1, -0.05) is 0 Å². The minimum absolute atomic E-state index is 0.0219. The van der Waals surface area contributed by atoms with Crippen molar-refractivity contribution in [2.45, 2.75) is 19.4 Å². The number of aromatic nitrogens is 5. The largest absolute Gasteiger partial charge is 0.370 e. The Morgan fingerprint density at radius 2 is 2.19 bits per heavy atom. The molecule has 6 nitrogen and oxygen atoms in total. The van der Waals surface area contributed by atoms with Gasteiger partial charge in [-0.2, -0.15) is 10.2 Å². The van der Waals surface area contributed by atoms with Gasteiger partial charge in [-0.05, 0) is 25.5 Å². The third kappa shape index (κ3) is 1.73. The van der Waals surface area contributed by atoms with Crippen LogP contribution in [0, 0.1) is 12.7 Å². The summed E-state index contributed by atoms with van der Waals surface area (Å²) in [5.41, 5.74) is 2.63. The quantitative estimate of drug-likeness (QED) is 0.743. The fraction of sp³-hybridized carbons (Fsp3) is 0.357. The predicted molar refractivity (Wildman–Crippen MR) is 76.7 cm³/mol. The zero-order chi connectivity index (χ0) is 14.6. The van der Waals surface area contributed by atoms with Crippen LogP contribution in [0.2, 0.25) is 0 Å². The van der Waals surface area contributed by atoms with Gasteiger partial charge in [-0.25, -0.2) is 13.8 Å². The summed E-state index contributed by atoms with van der Waals surface area (Å²) < 4.78 is 16.8. The number of rotatable bonds is 1. The number of halogens is 1. The van der Waals surface area contributed by atoms with Crippen molar-refractivity contribution >= 4 is 16.9 Å². The maximum absolute atomic E-state index is 13.1. The molecule has 0 radical (unpaired) electrons. The zero-order valence-electron chi connectivity index (χ0n) is 11.8. The Labute approximate surface area is 120 Å². The summed E-state index contributed by atoms with van der Waals surface area (Å²) >= 11 is 0. The Morgan fingerprint density at radius 1 is 1.33 bits per heavy atom. The predicted octanol–water partition coefficient (Wildman–Crippen LogP) is 2.02. The molecule has 0 fully saturated rings. The van der Waals surface area contributed by atoms with Crippen molar-refractivity contribution in [3.63, 3.8) is 0 Å². The van der Waals surface area contributed by atoms with E-state index < -0.39 is 0 Å². The number of nitrogens with zero attached hydrogens (tertiary/aromatic N) is 5. The molecule has 3 aromatic rings. The van der Waals surface area contributed by atoms with Crippen LogP contribution in [0.1, 0.15) is 23.9 Å². The van der Waals surface area contributed by atoms with Gasteiger partial charge in [-0.3, -0.25) is 4.98 Å². The first-order chi connectivity index (χ1) is 10.1. The van der Waals surface area contributed by atoms with Crippen LogP contribution in [0.15, 0.2) is 18.3 Å². The van der Waals surface area contributed by atoms with Crippen LogP contribution in [0.5, 0.6) is 0 Å². The second-order valence-electron chi connectivity index (χ2n) is 5.33. The molecule has 0 bridgehead atoms. The fourth-order valence-electron chi connectivity index (χ4n) is 3.01. The Balaban J connectivity index is 1.90. The lowest BCUT2D eigenvalue weighted by atomic mass is 10.1. The third-order valence-electron chi connectivity index (χ3n) is 3.96. The van der Waals surface area contributed by atoms with Crippen molar-refractivity contribution in [2.75, 3.05) is 11.9 Å². The van der Waals surface area contributed by atoms with Gasteiger partial charge in [0.1, 0.15) is 11.6 Å². The van der Waals surface area contributed by atoms with Gasteiger partial charge in [0.05, 0.1) is 29.0 Å². The minimum atomic E-state index is -0.321. The molecule has 0 saturated carbocycles. The lowest BCUT2D eigenvalue weighted by molar-refractivity contribution is 0.470. The number of hydrogen-bond donors (Lipinski definition) is 1. The summed E-state index contributed by atoms with van der Waals surface area (Å²) in [7, 11) is 1.89. The molecule has 0 saturated heterocycles. The van der Waals surface area contributed by atoms with Crippen molar-refractivity contribution in [1.82, 2.24) is 24.5 Å². The molecule has 21 heavy (non-hydrogen) atoms. The zero-order valence-corrected chi connectivity index (χ0v) is 11.8. The highest BCUT2D eigenvalue weighted by Crippen LogP contribution is 2.34. The SMILES string of the molecule is Cc1nn(C)c2nn3c(c12)NCCC3c1ccc(F)cn1. The van der Waals surface area contributed by atoms with Crippen LogP contribution in [0.4, 0.5) is 10.2 Å². The number of aryl methyl sites for hydroxylation is 2. The van der Waals surface area contributed by atoms with E-state index in [0.29, 0.717) is 0 Å². The molecule has 4 heterocycles. The highest BCUT2D eigenvalue weighted by atomic mass is 19.1. The van der Waals surface area contributed by atoms with Gasteiger partial charge < -0.3 is 5.32 Å². The average molecular weight is 286 g/mol. The fourth-order valence-corrected chi connectivity index (χ4v) is 3.01. The molecule has 1 aliphatic heterocycles. The summed E-state index contributed by atoms with van der Waals surface area (Å²) in [6.07, 6.45) is 2.12. The average Bonchev–Trinajstić information content (AvgIpc) is 2.99. The summed E-state index contributed by atoms with van der Waals surface area (Å²) in [5.74, 6) is 0.650. The second kappa shape index (κ2) is 4.28. The van der Waals surface area contributed by atoms with Crippen LogP contribution >= 0.6 is 0 Å². The Bertz CT molecular complexity index is 816. The van der Waals surface area contributed by atoms with Crippen LogP contribution < -0.4 is 5.32 Å². The van der Waals surface area contributed by atoms with Crippen molar-refractivity contribution in [3.05, 3.63) is 35.5 Å². The summed E-state index contributed by atoms with van der Waals surface area (Å²) in [5, 5.41) is 13.5. The lowest BCUT2D eigenvalue weighted by Crippen LogP contribution is -2.25. The van der Waals surface area contributed by atoms with Crippen LogP contribution in [-0.4, -0.2) is 31.1 Å². The molecule has 108 valence electrons. The molecule has 1 N–H and O–H groups in total. The van der Waals surface area contributed by atoms with E-state index in [-0.39, 0.29) is 11.9 Å². The number of fused-ring (bicyclic) bond motifs is 3. The molecule has 1 unspecified atom stereocenters. The standard InChI is InChI=1S/C14H15FN6/c1-8-12-13-16-6-5-11(10-4-3-9(15)7-17-10)21(13)19-14(12)20(2)18-8/h3-4,7,11,16H,5-6H2,1-2H3. The van der Waals surface area contributed by atoms with E-state index in [4.69, 9.17) is 0 Å². The molecule has 0 spiro atoms. The third-order valence-corrected chi connectivity index (χ3v) is 3.96. The molecule has 1 atom stereocenters. The van der Waals surface area contributed by atoms with Gasteiger partial charge in [0.2, 0.25) is 0 Å². The monoisotopic (exact) mass is 286 g/mol. The summed E-state index contributed by atoms with van der Waals surface area (Å²) in [6.45, 7) is 2.81. The van der Waals surface area contributed by atoms with Crippen LogP contribution in [-0.2, 0) is 7.05 Å². The molecule has 0 aliphatic carbocycles. The van der Waals surface area contributed by atoms with E-state index in [1.807, 2.05) is 18.7 Å². The Hall–Kier alpha value is -2.44. The lowest BCUT2D eigenvalue weighted by Gasteiger charge is -2.25. The first-order valence-electron chi connectivity index (χ1n) is 6.92. The maximum atomic E-state index is 13.1. The number of pyridine rings is 1. The minimum Gasteiger partial charge on any atom is -0.370 e. The highest BCUT2D eigenvalue weighted by Gasteiger charge is 2.28. The van der Waals surface area contributed by atoms with Gasteiger partial charge in [-0.15, -0.1) is 0 Å². The highest BCUT2D eigenvalue weighted by molar-refractivity contribution is 5.90. The van der Waals surface area contributed by atoms with E-state index >= 15 is 0 Å². The molecule has 7 heteroatoms. The van der Waals surface area contributed by atoms with E-state index in [1.165, 1.54) is 12.3 Å². The van der Waals surface area contributed by atoms with Crippen molar-refractivity contribution in [1.29, 1.82) is 0 Å². The normalized spacial score (nSPS) is 17.8. The molecular weight excluding hydrogens is 271 g/mol. The van der Waals surface area contributed by atoms with E-state index in [2.05, 4.69) is 20.5 Å². The van der Waals surface area contributed by atoms with E-state index in [0.717, 1.165) is 41.2 Å². The van der Waals surface area contributed by atoms with Gasteiger partial charge in [0.15, 0.2) is 5.65 Å². The van der Waals surface area contributed by atoms with E-state index in [1.54, 1.807) is 10.7 Å². The molecule has 1 aliphatic rings. The molecule has 0 amide bonds. The van der Waals surface area contributed by atoms with Crippen molar-refractivity contribution < 1.29 is 4.39 Å².